The molecule has 4 rings (SSSR count). The topological polar surface area (TPSA) is 50.7 Å². The van der Waals surface area contributed by atoms with Gasteiger partial charge in [-0.25, -0.2) is 9.38 Å². The predicted molar refractivity (Wildman–Crippen MR) is 122 cm³/mol. The fourth-order valence-electron chi connectivity index (χ4n) is 3.27. The lowest BCUT2D eigenvalue weighted by Gasteiger charge is -2.21. The third kappa shape index (κ3) is 5.12. The summed E-state index contributed by atoms with van der Waals surface area (Å²) in [6.45, 7) is 6.93. The molecule has 5 radical (unpaired) electrons. The minimum Gasteiger partial charge on any atom is -0.475 e. The van der Waals surface area contributed by atoms with Gasteiger partial charge in [0, 0.05) is 4.90 Å². The maximum absolute atomic E-state index is 13.5. The Morgan fingerprint density at radius 2 is 1.97 bits per heavy atom. The number of ether oxygens (including phenoxy) is 1. The van der Waals surface area contributed by atoms with Crippen LogP contribution in [0.5, 0.6) is 0 Å². The van der Waals surface area contributed by atoms with Crippen LogP contribution in [0.25, 0.3) is 0 Å². The van der Waals surface area contributed by atoms with Gasteiger partial charge in [-0.1, -0.05) is 39.0 Å². The maximum Gasteiger partial charge on any atom is 0.233 e. The summed E-state index contributed by atoms with van der Waals surface area (Å²) in [5, 5.41) is 3.76. The number of anilines is 1. The van der Waals surface area contributed by atoms with E-state index in [4.69, 9.17) is 9.73 Å². The second-order valence-corrected chi connectivity index (χ2v) is 9.61. The molecule has 1 saturated carbocycles. The number of nitrogens with one attached hydrogen (secondary N) is 1. The Hall–Kier alpha value is -2.34. The van der Waals surface area contributed by atoms with Crippen LogP contribution in [0, 0.1) is 41.7 Å². The molecule has 159 valence electrons. The summed E-state index contributed by atoms with van der Waals surface area (Å²) in [6.07, 6.45) is 5.44. The number of benzene rings is 2. The van der Waals surface area contributed by atoms with E-state index < -0.39 is 0 Å². The summed E-state index contributed by atoms with van der Waals surface area (Å²) < 4.78 is 19.4. The van der Waals surface area contributed by atoms with Gasteiger partial charge in [-0.05, 0) is 55.0 Å². The summed E-state index contributed by atoms with van der Waals surface area (Å²) in [5.41, 5.74) is 1.40. The van der Waals surface area contributed by atoms with Crippen LogP contribution in [-0.4, -0.2) is 24.5 Å². The van der Waals surface area contributed by atoms with Crippen molar-refractivity contribution in [2.45, 2.75) is 31.7 Å². The zero-order valence-corrected chi connectivity index (χ0v) is 18.5. The maximum atomic E-state index is 13.5. The molecule has 1 atom stereocenters. The van der Waals surface area contributed by atoms with Crippen LogP contribution in [0.2, 0.25) is 0 Å². The second kappa shape index (κ2) is 9.03. The van der Waals surface area contributed by atoms with Gasteiger partial charge in [0.1, 0.15) is 12.4 Å². The number of hydrogen-bond donors (Lipinski definition) is 1. The molecule has 2 aromatic carbocycles. The molecule has 4 nitrogen and oxygen atoms in total. The highest BCUT2D eigenvalue weighted by Crippen LogP contribution is 2.45. The van der Waals surface area contributed by atoms with Gasteiger partial charge in [0.05, 0.1) is 28.5 Å². The first-order valence-corrected chi connectivity index (χ1v) is 10.9. The summed E-state index contributed by atoms with van der Waals surface area (Å²) in [6, 6.07) is 13.9. The zero-order valence-electron chi connectivity index (χ0n) is 17.7. The van der Waals surface area contributed by atoms with Crippen LogP contribution < -0.4 is 5.32 Å². The minimum absolute atomic E-state index is 0.00172. The molecule has 1 heterocycles. The molecule has 0 aromatic heterocycles. The first kappa shape index (κ1) is 21.9. The van der Waals surface area contributed by atoms with Gasteiger partial charge in [-0.3, -0.25) is 4.79 Å². The largest absolute Gasteiger partial charge is 0.475 e. The third-order valence-electron chi connectivity index (χ3n) is 5.10. The van der Waals surface area contributed by atoms with Crippen LogP contribution in [0.3, 0.4) is 0 Å². The average molecular weight is 436 g/mol. The summed E-state index contributed by atoms with van der Waals surface area (Å²) >= 11 is 1.36. The van der Waals surface area contributed by atoms with Crippen molar-refractivity contribution in [2.75, 3.05) is 11.9 Å². The molecular weight excluding hydrogens is 411 g/mol. The van der Waals surface area contributed by atoms with Gasteiger partial charge in [0.15, 0.2) is 0 Å². The molecule has 0 unspecified atom stereocenters. The van der Waals surface area contributed by atoms with Crippen molar-refractivity contribution >= 4 is 29.3 Å². The first-order chi connectivity index (χ1) is 14.8. The number of aliphatic imine (C=N–C) groups is 1. The highest BCUT2D eigenvalue weighted by molar-refractivity contribution is 8.02. The molecule has 0 bridgehead atoms. The smallest absolute Gasteiger partial charge is 0.233 e. The Bertz CT molecular complexity index is 985. The number of nitrogens with zero attached hydrogens (tertiary/aromatic N) is 1. The van der Waals surface area contributed by atoms with E-state index >= 15 is 0 Å². The van der Waals surface area contributed by atoms with Gasteiger partial charge < -0.3 is 10.1 Å². The average Bonchev–Trinajstić information content (AvgIpc) is 3.38. The van der Waals surface area contributed by atoms with Gasteiger partial charge in [-0.2, -0.15) is 0 Å². The van der Waals surface area contributed by atoms with E-state index in [1.165, 1.54) is 23.9 Å². The third-order valence-corrected chi connectivity index (χ3v) is 6.17. The van der Waals surface area contributed by atoms with Gasteiger partial charge in [0.25, 0.3) is 0 Å². The molecular formula is C25H24FN2O2S. The molecule has 1 N–H and O–H groups in total. The molecule has 1 amide bonds. The SMILES string of the molecule is CC(C)(C)[C@H]1COC(c2ccccc2NC(=O)[C]2[CH][CH][CH][C]2Sc2cccc(F)c2)=N1. The van der Waals surface area contributed by atoms with Crippen molar-refractivity contribution in [3.8, 4) is 0 Å². The van der Waals surface area contributed by atoms with Crippen molar-refractivity contribution < 1.29 is 13.9 Å². The van der Waals surface area contributed by atoms with Crippen molar-refractivity contribution in [1.29, 1.82) is 0 Å². The number of carbonyl (C=O) groups excluding carboxylic acids is 1. The molecule has 6 heteroatoms. The molecule has 1 fully saturated rings. The lowest BCUT2D eigenvalue weighted by atomic mass is 9.88. The standard InChI is InChI=1S/C25H24FN2O2S/c1-25(2,3)22-15-30-24(28-22)18-10-4-5-12-20(18)27-23(29)19-11-7-13-21(19)31-17-9-6-8-16(26)14-17/h4-14,22H,15H2,1-3H3,(H,27,29)/t22-/m1/s1. The zero-order chi connectivity index (χ0) is 22.0. The van der Waals surface area contributed by atoms with Crippen LogP contribution in [0.15, 0.2) is 58.4 Å². The molecule has 1 aliphatic heterocycles. The van der Waals surface area contributed by atoms with Crippen LogP contribution >= 0.6 is 11.8 Å². The summed E-state index contributed by atoms with van der Waals surface area (Å²) in [5.74, 6) is 0.545. The van der Waals surface area contributed by atoms with Crippen LogP contribution in [-0.2, 0) is 9.53 Å². The van der Waals surface area contributed by atoms with E-state index in [9.17, 15) is 9.18 Å². The Balaban J connectivity index is 1.49. The Morgan fingerprint density at radius 1 is 1.16 bits per heavy atom. The Morgan fingerprint density at radius 3 is 2.71 bits per heavy atom. The van der Waals surface area contributed by atoms with Crippen molar-refractivity contribution in [2.24, 2.45) is 10.4 Å². The van der Waals surface area contributed by atoms with Crippen molar-refractivity contribution in [3.63, 3.8) is 0 Å². The minimum atomic E-state index is -0.303. The molecule has 0 saturated heterocycles. The van der Waals surface area contributed by atoms with Crippen LogP contribution in [0.1, 0.15) is 26.3 Å². The first-order valence-electron chi connectivity index (χ1n) is 10.1. The Labute approximate surface area is 187 Å². The van der Waals surface area contributed by atoms with E-state index in [1.54, 1.807) is 12.5 Å². The quantitative estimate of drug-likeness (QED) is 0.677. The van der Waals surface area contributed by atoms with E-state index in [1.807, 2.05) is 43.2 Å². The fourth-order valence-corrected chi connectivity index (χ4v) is 4.26. The van der Waals surface area contributed by atoms with E-state index in [2.05, 4.69) is 26.1 Å². The number of amides is 1. The number of halogens is 1. The monoisotopic (exact) mass is 435 g/mol. The number of rotatable bonds is 5. The lowest BCUT2D eigenvalue weighted by molar-refractivity contribution is -0.113. The summed E-state index contributed by atoms with van der Waals surface area (Å²) in [7, 11) is 0. The molecule has 2 aromatic rings. The van der Waals surface area contributed by atoms with E-state index in [0.717, 1.165) is 15.7 Å². The molecule has 2 aliphatic rings. The number of thioether (sulfide) groups is 1. The number of carbonyl (C=O) groups is 1. The molecule has 1 aliphatic carbocycles. The van der Waals surface area contributed by atoms with Gasteiger partial charge in [-0.15, -0.1) is 11.8 Å². The van der Waals surface area contributed by atoms with Crippen molar-refractivity contribution in [3.05, 3.63) is 90.3 Å². The van der Waals surface area contributed by atoms with Gasteiger partial charge >= 0.3 is 0 Å². The normalized spacial score (nSPS) is 19.9. The molecule has 31 heavy (non-hydrogen) atoms. The highest BCUT2D eigenvalue weighted by atomic mass is 32.2. The van der Waals surface area contributed by atoms with Gasteiger partial charge in [0.2, 0.25) is 11.8 Å². The Kier molecular flexibility index (Phi) is 6.37. The van der Waals surface area contributed by atoms with Crippen molar-refractivity contribution in [1.82, 2.24) is 0 Å². The number of para-hydroxylation sites is 1. The second-order valence-electron chi connectivity index (χ2n) is 8.49. The van der Waals surface area contributed by atoms with Crippen LogP contribution in [0.4, 0.5) is 10.1 Å². The highest BCUT2D eigenvalue weighted by Gasteiger charge is 2.37. The van der Waals surface area contributed by atoms with E-state index in [0.29, 0.717) is 24.1 Å². The lowest BCUT2D eigenvalue weighted by Crippen LogP contribution is -2.25. The summed E-state index contributed by atoms with van der Waals surface area (Å²) in [4.78, 5) is 18.5. The fraction of sp³-hybridized carbons (Fsp3) is 0.240. The number of hydrogen-bond acceptors (Lipinski definition) is 4. The predicted octanol–water partition coefficient (Wildman–Crippen LogP) is 5.48. The van der Waals surface area contributed by atoms with E-state index in [-0.39, 0.29) is 23.2 Å². The molecule has 0 spiro atoms.